The molecule has 100 valence electrons. The Morgan fingerprint density at radius 1 is 1.32 bits per heavy atom. The Hall–Kier alpha value is -2.57. The molecule has 0 atom stereocenters. The lowest BCUT2D eigenvalue weighted by Crippen LogP contribution is -2.53. The summed E-state index contributed by atoms with van der Waals surface area (Å²) in [6, 6.07) is 4.77. The van der Waals surface area contributed by atoms with Crippen molar-refractivity contribution in [2.45, 2.75) is 0 Å². The summed E-state index contributed by atoms with van der Waals surface area (Å²) in [7, 11) is 1.44. The van der Waals surface area contributed by atoms with Crippen LogP contribution in [0.5, 0.6) is 5.75 Å². The zero-order valence-electron chi connectivity index (χ0n) is 10.3. The number of rotatable bonds is 2. The second-order valence-electron chi connectivity index (χ2n) is 4.05. The first-order chi connectivity index (χ1) is 9.02. The summed E-state index contributed by atoms with van der Waals surface area (Å²) in [5.41, 5.74) is 6.21. The molecule has 0 unspecified atom stereocenters. The third kappa shape index (κ3) is 2.49. The molecule has 2 rings (SSSR count). The Kier molecular flexibility index (Phi) is 3.37. The van der Waals surface area contributed by atoms with E-state index >= 15 is 0 Å². The highest BCUT2D eigenvalue weighted by Gasteiger charge is 2.28. The number of carbonyl (C=O) groups excluding carboxylic acids is 3. The average Bonchev–Trinajstić information content (AvgIpc) is 2.37. The quantitative estimate of drug-likeness (QED) is 0.546. The monoisotopic (exact) mass is 263 g/mol. The molecule has 1 saturated heterocycles. The number of nitrogens with two attached hydrogens (primary N) is 1. The Balaban J connectivity index is 2.29. The Bertz CT molecular complexity index is 540. The van der Waals surface area contributed by atoms with Crippen LogP contribution in [0.15, 0.2) is 18.2 Å². The largest absolute Gasteiger partial charge is 0.495 e. The van der Waals surface area contributed by atoms with Crippen LogP contribution < -0.4 is 15.8 Å². The zero-order chi connectivity index (χ0) is 14.0. The van der Waals surface area contributed by atoms with Gasteiger partial charge in [-0.05, 0) is 12.1 Å². The number of anilines is 1. The maximum Gasteiger partial charge on any atom is 0.257 e. The molecule has 3 amide bonds. The number of amides is 3. The molecule has 1 aliphatic rings. The number of nitrogens with one attached hydrogen (secondary N) is 1. The summed E-state index contributed by atoms with van der Waals surface area (Å²) in [4.78, 5) is 35.9. The van der Waals surface area contributed by atoms with E-state index in [0.717, 1.165) is 4.90 Å². The smallest absolute Gasteiger partial charge is 0.257 e. The summed E-state index contributed by atoms with van der Waals surface area (Å²) >= 11 is 0. The number of nitrogen functional groups attached to an aromatic ring is 1. The molecule has 0 spiro atoms. The number of carbonyl (C=O) groups is 3. The lowest BCUT2D eigenvalue weighted by molar-refractivity contribution is -0.135. The van der Waals surface area contributed by atoms with E-state index in [2.05, 4.69) is 5.32 Å². The summed E-state index contributed by atoms with van der Waals surface area (Å²) < 4.78 is 5.02. The lowest BCUT2D eigenvalue weighted by Gasteiger charge is -2.26. The number of benzene rings is 1. The minimum Gasteiger partial charge on any atom is -0.495 e. The molecule has 0 aliphatic carbocycles. The van der Waals surface area contributed by atoms with E-state index in [1.165, 1.54) is 13.2 Å². The van der Waals surface area contributed by atoms with Gasteiger partial charge >= 0.3 is 0 Å². The SMILES string of the molecule is COc1cccc(C(=O)N2CC(=O)NC(=O)C2)c1N. The Morgan fingerprint density at radius 3 is 2.53 bits per heavy atom. The fourth-order valence-electron chi connectivity index (χ4n) is 1.86. The van der Waals surface area contributed by atoms with Gasteiger partial charge in [0.2, 0.25) is 11.8 Å². The van der Waals surface area contributed by atoms with Crippen LogP contribution in [0.3, 0.4) is 0 Å². The molecule has 19 heavy (non-hydrogen) atoms. The fourth-order valence-corrected chi connectivity index (χ4v) is 1.86. The van der Waals surface area contributed by atoms with Crippen molar-refractivity contribution in [1.29, 1.82) is 0 Å². The number of hydrogen-bond acceptors (Lipinski definition) is 5. The maximum absolute atomic E-state index is 12.2. The van der Waals surface area contributed by atoms with Gasteiger partial charge in [-0.15, -0.1) is 0 Å². The van der Waals surface area contributed by atoms with Gasteiger partial charge in [-0.3, -0.25) is 19.7 Å². The van der Waals surface area contributed by atoms with Crippen molar-refractivity contribution in [3.63, 3.8) is 0 Å². The van der Waals surface area contributed by atoms with Crippen LogP contribution in [0, 0.1) is 0 Å². The molecule has 1 heterocycles. The van der Waals surface area contributed by atoms with E-state index in [1.54, 1.807) is 12.1 Å². The highest BCUT2D eigenvalue weighted by atomic mass is 16.5. The second kappa shape index (κ2) is 4.97. The first-order valence-corrected chi connectivity index (χ1v) is 5.57. The summed E-state index contributed by atoms with van der Waals surface area (Å²) in [5.74, 6) is -1.12. The van der Waals surface area contributed by atoms with Crippen LogP contribution in [0.25, 0.3) is 0 Å². The van der Waals surface area contributed by atoms with Crippen molar-refractivity contribution < 1.29 is 19.1 Å². The molecule has 1 aliphatic heterocycles. The molecule has 0 bridgehead atoms. The van der Waals surface area contributed by atoms with Gasteiger partial charge in [0.1, 0.15) is 18.8 Å². The maximum atomic E-state index is 12.2. The third-order valence-electron chi connectivity index (χ3n) is 2.75. The van der Waals surface area contributed by atoms with Crippen LogP contribution in [0.1, 0.15) is 10.4 Å². The van der Waals surface area contributed by atoms with Gasteiger partial charge < -0.3 is 15.4 Å². The molecule has 1 aromatic carbocycles. The van der Waals surface area contributed by atoms with Gasteiger partial charge in [0, 0.05) is 0 Å². The third-order valence-corrected chi connectivity index (χ3v) is 2.75. The van der Waals surface area contributed by atoms with E-state index in [1.807, 2.05) is 0 Å². The normalized spacial score (nSPS) is 15.1. The first kappa shape index (κ1) is 12.9. The molecular weight excluding hydrogens is 250 g/mol. The van der Waals surface area contributed by atoms with Crippen LogP contribution in [-0.2, 0) is 9.59 Å². The highest BCUT2D eigenvalue weighted by Crippen LogP contribution is 2.25. The van der Waals surface area contributed by atoms with E-state index in [9.17, 15) is 14.4 Å². The molecule has 1 aromatic rings. The molecule has 0 aromatic heterocycles. The molecule has 1 fully saturated rings. The highest BCUT2D eigenvalue weighted by molar-refractivity contribution is 6.07. The topological polar surface area (TPSA) is 102 Å². The van der Waals surface area contributed by atoms with Crippen LogP contribution in [-0.4, -0.2) is 42.8 Å². The van der Waals surface area contributed by atoms with Crippen LogP contribution in [0.2, 0.25) is 0 Å². The number of piperazine rings is 1. The number of hydrogen-bond donors (Lipinski definition) is 2. The molecule has 7 nitrogen and oxygen atoms in total. The number of nitrogens with zero attached hydrogens (tertiary/aromatic N) is 1. The van der Waals surface area contributed by atoms with Gasteiger partial charge in [-0.25, -0.2) is 0 Å². The Morgan fingerprint density at radius 2 is 1.95 bits per heavy atom. The Labute approximate surface area is 109 Å². The van der Waals surface area contributed by atoms with Gasteiger partial charge in [0.05, 0.1) is 18.4 Å². The number of para-hydroxylation sites is 1. The number of methoxy groups -OCH3 is 1. The van der Waals surface area contributed by atoms with E-state index < -0.39 is 17.7 Å². The number of imide groups is 1. The summed E-state index contributed by atoms with van der Waals surface area (Å²) in [5, 5.41) is 2.13. The van der Waals surface area contributed by atoms with Crippen LogP contribution in [0.4, 0.5) is 5.69 Å². The van der Waals surface area contributed by atoms with Crippen molar-refractivity contribution in [2.75, 3.05) is 25.9 Å². The van der Waals surface area contributed by atoms with E-state index in [-0.39, 0.29) is 24.3 Å². The summed E-state index contributed by atoms with van der Waals surface area (Å²) in [6.07, 6.45) is 0. The molecule has 0 saturated carbocycles. The average molecular weight is 263 g/mol. The minimum absolute atomic E-state index is 0.165. The summed E-state index contributed by atoms with van der Waals surface area (Å²) in [6.45, 7) is -0.331. The van der Waals surface area contributed by atoms with Crippen molar-refractivity contribution in [3.8, 4) is 5.75 Å². The molecule has 3 N–H and O–H groups in total. The second-order valence-corrected chi connectivity index (χ2v) is 4.05. The predicted molar refractivity (Wildman–Crippen MR) is 66.5 cm³/mol. The van der Waals surface area contributed by atoms with Gasteiger partial charge in [0.15, 0.2) is 0 Å². The van der Waals surface area contributed by atoms with Crippen molar-refractivity contribution >= 4 is 23.4 Å². The van der Waals surface area contributed by atoms with Crippen molar-refractivity contribution in [3.05, 3.63) is 23.8 Å². The zero-order valence-corrected chi connectivity index (χ0v) is 10.3. The van der Waals surface area contributed by atoms with Crippen molar-refractivity contribution in [1.82, 2.24) is 10.2 Å². The fraction of sp³-hybridized carbons (Fsp3) is 0.250. The first-order valence-electron chi connectivity index (χ1n) is 5.57. The lowest BCUT2D eigenvalue weighted by atomic mass is 10.1. The predicted octanol–water partition coefficient (Wildman–Crippen LogP) is -0.624. The van der Waals surface area contributed by atoms with E-state index in [0.29, 0.717) is 5.75 Å². The van der Waals surface area contributed by atoms with Gasteiger partial charge in [0.25, 0.3) is 5.91 Å². The van der Waals surface area contributed by atoms with Crippen molar-refractivity contribution in [2.24, 2.45) is 0 Å². The molecule has 7 heteroatoms. The van der Waals surface area contributed by atoms with Crippen LogP contribution >= 0.6 is 0 Å². The molecular formula is C12H13N3O4. The molecule has 0 radical (unpaired) electrons. The van der Waals surface area contributed by atoms with Gasteiger partial charge in [-0.1, -0.05) is 6.07 Å². The standard InChI is InChI=1S/C12H13N3O4/c1-19-8-4-2-3-7(11(8)13)12(18)15-5-9(16)14-10(17)6-15/h2-4H,5-6,13H2,1H3,(H,14,16,17). The minimum atomic E-state index is -0.508. The van der Waals surface area contributed by atoms with Gasteiger partial charge in [-0.2, -0.15) is 0 Å². The van der Waals surface area contributed by atoms with E-state index in [4.69, 9.17) is 10.5 Å². The number of ether oxygens (including phenoxy) is 1.